The summed E-state index contributed by atoms with van der Waals surface area (Å²) in [4.78, 5) is 24.7. The first-order valence-electron chi connectivity index (χ1n) is 9.46. The molecular weight excluding hydrogens is 396 g/mol. The van der Waals surface area contributed by atoms with Crippen molar-refractivity contribution < 1.29 is 19.2 Å². The van der Waals surface area contributed by atoms with Gasteiger partial charge in [-0.05, 0) is 36.7 Å². The highest BCUT2D eigenvalue weighted by molar-refractivity contribution is 8.03. The maximum absolute atomic E-state index is 11.8. The average Bonchev–Trinajstić information content (AvgIpc) is 2.99. The quantitative estimate of drug-likeness (QED) is 0.306. The molecule has 29 heavy (non-hydrogen) atoms. The second-order valence-corrected chi connectivity index (χ2v) is 7.63. The van der Waals surface area contributed by atoms with Crippen LogP contribution >= 0.6 is 11.8 Å². The molecule has 0 unspecified atom stereocenters. The highest BCUT2D eigenvalue weighted by atomic mass is 32.2. The molecule has 1 aromatic carbocycles. The molecule has 1 aliphatic rings. The Labute approximate surface area is 172 Å². The molecule has 2 heterocycles. The van der Waals surface area contributed by atoms with Gasteiger partial charge in [-0.3, -0.25) is 10.1 Å². The first-order valence-corrected chi connectivity index (χ1v) is 10.3. The fourth-order valence-electron chi connectivity index (χ4n) is 3.16. The summed E-state index contributed by atoms with van der Waals surface area (Å²) in [7, 11) is 0. The number of carbonyl (C=O) groups is 1. The van der Waals surface area contributed by atoms with Gasteiger partial charge >= 0.3 is 5.97 Å². The van der Waals surface area contributed by atoms with E-state index in [9.17, 15) is 20.0 Å². The van der Waals surface area contributed by atoms with Crippen LogP contribution in [0, 0.1) is 10.1 Å². The summed E-state index contributed by atoms with van der Waals surface area (Å²) in [5, 5.41) is 28.7. The first-order chi connectivity index (χ1) is 14.0. The Kier molecular flexibility index (Phi) is 6.86. The third-order valence-electron chi connectivity index (χ3n) is 4.61. The normalized spacial score (nSPS) is 15.2. The average molecular weight is 418 g/mol. The van der Waals surface area contributed by atoms with Crippen molar-refractivity contribution in [3.63, 3.8) is 0 Å². The van der Waals surface area contributed by atoms with Crippen LogP contribution in [0.15, 0.2) is 32.7 Å². The van der Waals surface area contributed by atoms with Crippen LogP contribution in [0.1, 0.15) is 44.1 Å². The number of non-ortho nitro benzene ring substituents is 1. The van der Waals surface area contributed by atoms with Crippen molar-refractivity contribution in [1.29, 1.82) is 0 Å². The lowest BCUT2D eigenvalue weighted by molar-refractivity contribution is -0.384. The Balaban J connectivity index is 2.00. The van der Waals surface area contributed by atoms with Gasteiger partial charge < -0.3 is 14.4 Å². The smallest absolute Gasteiger partial charge is 0.342 e. The molecule has 0 atom stereocenters. The van der Waals surface area contributed by atoms with Crippen molar-refractivity contribution in [3.8, 4) is 0 Å². The fourth-order valence-corrected chi connectivity index (χ4v) is 3.84. The van der Waals surface area contributed by atoms with Crippen LogP contribution in [0.3, 0.4) is 0 Å². The SMILES string of the molecule is CCc1nnc(S/C(=C/c2cc([N+](=O)[O-])ccc2N2CCCCCC2)C(=O)O)o1. The number of aromatic nitrogens is 2. The van der Waals surface area contributed by atoms with Gasteiger partial charge in [0.15, 0.2) is 0 Å². The Morgan fingerprint density at radius 3 is 2.62 bits per heavy atom. The van der Waals surface area contributed by atoms with Crippen LogP contribution < -0.4 is 4.90 Å². The lowest BCUT2D eigenvalue weighted by Gasteiger charge is -2.24. The molecule has 2 aromatic rings. The van der Waals surface area contributed by atoms with E-state index in [-0.39, 0.29) is 15.8 Å². The first kappa shape index (κ1) is 20.8. The summed E-state index contributed by atoms with van der Waals surface area (Å²) in [6, 6.07) is 4.56. The predicted octanol–water partition coefficient (Wildman–Crippen LogP) is 4.14. The Morgan fingerprint density at radius 1 is 1.31 bits per heavy atom. The minimum Gasteiger partial charge on any atom is -0.477 e. The van der Waals surface area contributed by atoms with Crippen LogP contribution in [-0.4, -0.2) is 39.3 Å². The number of benzene rings is 1. The van der Waals surface area contributed by atoms with E-state index in [1.165, 1.54) is 18.2 Å². The fraction of sp³-hybridized carbons (Fsp3) is 0.421. The maximum Gasteiger partial charge on any atom is 0.342 e. The van der Waals surface area contributed by atoms with Gasteiger partial charge in [-0.15, -0.1) is 10.2 Å². The molecule has 0 bridgehead atoms. The Morgan fingerprint density at radius 2 is 2.03 bits per heavy atom. The van der Waals surface area contributed by atoms with E-state index in [0.717, 1.165) is 56.2 Å². The molecule has 0 amide bonds. The zero-order chi connectivity index (χ0) is 20.8. The molecule has 1 fully saturated rings. The summed E-state index contributed by atoms with van der Waals surface area (Å²) >= 11 is 0.835. The van der Waals surface area contributed by atoms with E-state index in [4.69, 9.17) is 4.42 Å². The number of carboxylic acids is 1. The molecule has 9 nitrogen and oxygen atoms in total. The summed E-state index contributed by atoms with van der Waals surface area (Å²) < 4.78 is 5.39. The molecule has 1 aromatic heterocycles. The predicted molar refractivity (Wildman–Crippen MR) is 109 cm³/mol. The number of anilines is 1. The number of carboxylic acid groups (broad SMARTS) is 1. The minimum absolute atomic E-state index is 0.0483. The van der Waals surface area contributed by atoms with Gasteiger partial charge in [0, 0.05) is 42.9 Å². The van der Waals surface area contributed by atoms with E-state index in [1.807, 2.05) is 6.92 Å². The van der Waals surface area contributed by atoms with Crippen LogP contribution in [-0.2, 0) is 11.2 Å². The van der Waals surface area contributed by atoms with Crippen molar-refractivity contribution >= 4 is 35.2 Å². The molecule has 1 aliphatic heterocycles. The molecule has 1 N–H and O–H groups in total. The highest BCUT2D eigenvalue weighted by Crippen LogP contribution is 2.33. The third-order valence-corrected chi connectivity index (χ3v) is 5.47. The van der Waals surface area contributed by atoms with Gasteiger partial charge in [-0.1, -0.05) is 19.8 Å². The standard InChI is InChI=1S/C19H22N4O5S/c1-2-17-20-21-19(28-17)29-16(18(24)25)12-13-11-14(23(26)27)7-8-15(13)22-9-5-3-4-6-10-22/h7-8,11-12H,2-6,9-10H2,1H3,(H,24,25)/b16-12+. The number of nitrogens with zero attached hydrogens (tertiary/aromatic N) is 4. The molecule has 0 saturated carbocycles. The van der Waals surface area contributed by atoms with Gasteiger partial charge in [-0.2, -0.15) is 0 Å². The number of thioether (sulfide) groups is 1. The van der Waals surface area contributed by atoms with Crippen molar-refractivity contribution in [1.82, 2.24) is 10.2 Å². The molecule has 3 rings (SSSR count). The van der Waals surface area contributed by atoms with E-state index in [0.29, 0.717) is 17.9 Å². The molecule has 0 radical (unpaired) electrons. The minimum atomic E-state index is -1.17. The number of aryl methyl sites for hydroxylation is 1. The molecule has 10 heteroatoms. The molecule has 0 spiro atoms. The van der Waals surface area contributed by atoms with Gasteiger partial charge in [0.05, 0.1) is 4.92 Å². The Bertz CT molecular complexity index is 919. The molecule has 0 aliphatic carbocycles. The maximum atomic E-state index is 11.8. The zero-order valence-corrected chi connectivity index (χ0v) is 16.9. The van der Waals surface area contributed by atoms with Crippen molar-refractivity contribution in [2.45, 2.75) is 44.3 Å². The van der Waals surface area contributed by atoms with Gasteiger partial charge in [0.25, 0.3) is 10.9 Å². The summed E-state index contributed by atoms with van der Waals surface area (Å²) in [6.07, 6.45) is 6.33. The van der Waals surface area contributed by atoms with Crippen LogP contribution in [0.4, 0.5) is 11.4 Å². The molecule has 154 valence electrons. The van der Waals surface area contributed by atoms with E-state index in [1.54, 1.807) is 6.07 Å². The van der Waals surface area contributed by atoms with Gasteiger partial charge in [0.2, 0.25) is 5.89 Å². The lowest BCUT2D eigenvalue weighted by atomic mass is 10.1. The summed E-state index contributed by atoms with van der Waals surface area (Å²) in [5.41, 5.74) is 1.19. The highest BCUT2D eigenvalue weighted by Gasteiger charge is 2.20. The largest absolute Gasteiger partial charge is 0.477 e. The number of hydrogen-bond donors (Lipinski definition) is 1. The second-order valence-electron chi connectivity index (χ2n) is 6.63. The molecular formula is C19H22N4O5S. The zero-order valence-electron chi connectivity index (χ0n) is 16.0. The summed E-state index contributed by atoms with van der Waals surface area (Å²) in [6.45, 7) is 3.52. The van der Waals surface area contributed by atoms with Crippen molar-refractivity contribution in [2.75, 3.05) is 18.0 Å². The van der Waals surface area contributed by atoms with Crippen LogP contribution in [0.25, 0.3) is 6.08 Å². The van der Waals surface area contributed by atoms with Gasteiger partial charge in [0.1, 0.15) is 4.91 Å². The monoisotopic (exact) mass is 418 g/mol. The number of nitro groups is 1. The second kappa shape index (κ2) is 9.55. The number of aliphatic carboxylic acids is 1. The van der Waals surface area contributed by atoms with Crippen molar-refractivity contribution in [2.24, 2.45) is 0 Å². The number of rotatable bonds is 7. The van der Waals surface area contributed by atoms with E-state index < -0.39 is 10.9 Å². The van der Waals surface area contributed by atoms with Crippen molar-refractivity contribution in [3.05, 3.63) is 44.7 Å². The van der Waals surface area contributed by atoms with Gasteiger partial charge in [-0.25, -0.2) is 4.79 Å². The molecule has 1 saturated heterocycles. The number of hydrogen-bond acceptors (Lipinski definition) is 8. The third kappa shape index (κ3) is 5.35. The lowest BCUT2D eigenvalue weighted by Crippen LogP contribution is -2.24. The Hall–Kier alpha value is -2.88. The van der Waals surface area contributed by atoms with Crippen LogP contribution in [0.2, 0.25) is 0 Å². The topological polar surface area (TPSA) is 123 Å². The van der Waals surface area contributed by atoms with E-state index in [2.05, 4.69) is 15.1 Å². The van der Waals surface area contributed by atoms with E-state index >= 15 is 0 Å². The number of nitro benzene ring substituents is 1. The summed E-state index contributed by atoms with van der Waals surface area (Å²) in [5.74, 6) is -0.752. The van der Waals surface area contributed by atoms with Crippen LogP contribution in [0.5, 0.6) is 0 Å².